The molecule has 1 unspecified atom stereocenters. The molecule has 0 spiro atoms. The lowest BCUT2D eigenvalue weighted by Crippen LogP contribution is -2.36. The van der Waals surface area contributed by atoms with Crippen LogP contribution in [0.1, 0.15) is 6.92 Å². The number of hydrogen-bond donors (Lipinski definition) is 1. The van der Waals surface area contributed by atoms with Gasteiger partial charge in [0, 0.05) is 37.7 Å². The van der Waals surface area contributed by atoms with E-state index in [1.165, 1.54) is 32.3 Å². The van der Waals surface area contributed by atoms with Crippen LogP contribution in [-0.4, -0.2) is 54.3 Å². The van der Waals surface area contributed by atoms with Crippen molar-refractivity contribution in [1.82, 2.24) is 14.3 Å². The van der Waals surface area contributed by atoms with E-state index in [1.807, 2.05) is 6.07 Å². The van der Waals surface area contributed by atoms with Crippen molar-refractivity contribution in [2.75, 3.05) is 24.4 Å². The Kier molecular flexibility index (Phi) is 6.22. The fraction of sp³-hybridized carbons (Fsp3) is 0.174. The number of anilines is 2. The summed E-state index contributed by atoms with van der Waals surface area (Å²) in [6.45, 7) is 1.58. The van der Waals surface area contributed by atoms with Crippen LogP contribution in [0.15, 0.2) is 77.1 Å². The third kappa shape index (κ3) is 4.43. The lowest BCUT2D eigenvalue weighted by molar-refractivity contribution is -0.127. The van der Waals surface area contributed by atoms with Crippen LogP contribution >= 0.6 is 0 Å². The van der Waals surface area contributed by atoms with Gasteiger partial charge in [-0.25, -0.2) is 12.7 Å². The molecule has 0 fully saturated rings. The van der Waals surface area contributed by atoms with E-state index >= 15 is 0 Å². The van der Waals surface area contributed by atoms with E-state index in [-0.39, 0.29) is 10.6 Å². The number of carbonyl (C=O) groups excluding carboxylic acids is 2. The molecule has 1 aromatic heterocycles. The molecule has 3 aromatic rings. The first-order valence-corrected chi connectivity index (χ1v) is 11.7. The number of aromatic nitrogens is 2. The number of nitrogens with one attached hydrogen (secondary N) is 1. The topological polar surface area (TPSA) is 125 Å². The summed E-state index contributed by atoms with van der Waals surface area (Å²) in [5, 5.41) is 8.05. The maximum absolute atomic E-state index is 13.1. The first kappa shape index (κ1) is 23.2. The van der Waals surface area contributed by atoms with E-state index < -0.39 is 27.8 Å². The molecule has 2 amide bonds. The molecular formula is C23H22N6O4S. The fourth-order valence-electron chi connectivity index (χ4n) is 3.46. The Labute approximate surface area is 197 Å². The van der Waals surface area contributed by atoms with Crippen molar-refractivity contribution in [3.63, 3.8) is 0 Å². The van der Waals surface area contributed by atoms with Crippen LogP contribution in [0.2, 0.25) is 0 Å². The summed E-state index contributed by atoms with van der Waals surface area (Å²) < 4.78 is 26.0. The van der Waals surface area contributed by atoms with Gasteiger partial charge in [0.25, 0.3) is 5.91 Å². The average Bonchev–Trinajstić information content (AvgIpc) is 3.13. The molecule has 0 saturated heterocycles. The van der Waals surface area contributed by atoms with Gasteiger partial charge in [0.15, 0.2) is 5.92 Å². The third-order valence-corrected chi connectivity index (χ3v) is 7.03. The Hall–Kier alpha value is -3.96. The Morgan fingerprint density at radius 2 is 1.85 bits per heavy atom. The monoisotopic (exact) mass is 478 g/mol. The first-order valence-electron chi connectivity index (χ1n) is 10.3. The number of carbonyl (C=O) groups is 2. The van der Waals surface area contributed by atoms with Crippen LogP contribution in [0, 0.1) is 5.92 Å². The lowest BCUT2D eigenvalue weighted by Gasteiger charge is -2.17. The van der Waals surface area contributed by atoms with Crippen molar-refractivity contribution in [2.45, 2.75) is 11.8 Å². The molecule has 0 aliphatic carbocycles. The number of sulfonamides is 1. The van der Waals surface area contributed by atoms with Crippen LogP contribution in [-0.2, 0) is 19.6 Å². The second-order valence-electron chi connectivity index (χ2n) is 7.77. The van der Waals surface area contributed by atoms with E-state index in [2.05, 4.69) is 20.4 Å². The van der Waals surface area contributed by atoms with Gasteiger partial charge in [-0.1, -0.05) is 18.2 Å². The molecular weight excluding hydrogens is 456 g/mol. The predicted molar refractivity (Wildman–Crippen MR) is 127 cm³/mol. The van der Waals surface area contributed by atoms with E-state index in [1.54, 1.807) is 49.8 Å². The average molecular weight is 479 g/mol. The summed E-state index contributed by atoms with van der Waals surface area (Å²) in [7, 11) is -0.856. The van der Waals surface area contributed by atoms with E-state index in [0.717, 1.165) is 14.9 Å². The molecule has 4 rings (SSSR count). The van der Waals surface area contributed by atoms with Crippen molar-refractivity contribution >= 4 is 38.9 Å². The summed E-state index contributed by atoms with van der Waals surface area (Å²) in [6, 6.07) is 12.9. The fourth-order valence-corrected chi connectivity index (χ4v) is 4.40. The Balaban J connectivity index is 1.55. The molecule has 1 aliphatic heterocycles. The molecule has 11 heteroatoms. The van der Waals surface area contributed by atoms with Gasteiger partial charge < -0.3 is 5.32 Å². The van der Waals surface area contributed by atoms with Gasteiger partial charge in [-0.3, -0.25) is 19.6 Å². The molecule has 10 nitrogen and oxygen atoms in total. The lowest BCUT2D eigenvalue weighted by atomic mass is 10.0. The zero-order chi connectivity index (χ0) is 24.5. The minimum Gasteiger partial charge on any atom is -0.325 e. The van der Waals surface area contributed by atoms with Gasteiger partial charge in [0.1, 0.15) is 0 Å². The van der Waals surface area contributed by atoms with Crippen molar-refractivity contribution in [3.8, 4) is 11.3 Å². The van der Waals surface area contributed by atoms with E-state index in [9.17, 15) is 18.0 Å². The van der Waals surface area contributed by atoms with Gasteiger partial charge >= 0.3 is 0 Å². The van der Waals surface area contributed by atoms with E-state index in [4.69, 9.17) is 0 Å². The summed E-state index contributed by atoms with van der Waals surface area (Å²) >= 11 is 0. The highest BCUT2D eigenvalue weighted by Crippen LogP contribution is 2.28. The number of rotatable bonds is 6. The standard InChI is InChI=1S/C23H22N6O4S/c1-15-21(22(30)26-17-7-4-6-16(12-17)20-14-24-10-11-25-20)23(31)29(27-15)18-8-5-9-19(13-18)34(32,33)28(2)3/h4-14,21H,1-3H3,(H,26,30). The normalized spacial score (nSPS) is 16.0. The summed E-state index contributed by atoms with van der Waals surface area (Å²) in [4.78, 5) is 34.4. The maximum Gasteiger partial charge on any atom is 0.265 e. The maximum atomic E-state index is 13.1. The van der Waals surface area contributed by atoms with Crippen LogP contribution < -0.4 is 10.3 Å². The largest absolute Gasteiger partial charge is 0.325 e. The quantitative estimate of drug-likeness (QED) is 0.542. The minimum atomic E-state index is -3.70. The molecule has 0 saturated carbocycles. The summed E-state index contributed by atoms with van der Waals surface area (Å²) in [5.74, 6) is -2.25. The van der Waals surface area contributed by atoms with Gasteiger partial charge in [-0.05, 0) is 37.3 Å². The highest BCUT2D eigenvalue weighted by molar-refractivity contribution is 7.89. The molecule has 2 aromatic carbocycles. The number of amides is 2. The first-order chi connectivity index (χ1) is 16.2. The molecule has 0 bridgehead atoms. The number of nitrogens with zero attached hydrogens (tertiary/aromatic N) is 5. The molecule has 0 radical (unpaired) electrons. The SMILES string of the molecule is CC1=NN(c2cccc(S(=O)(=O)N(C)C)c2)C(=O)C1C(=O)Nc1cccc(-c2cnccn2)c1. The zero-order valence-electron chi connectivity index (χ0n) is 18.7. The van der Waals surface area contributed by atoms with Crippen LogP contribution in [0.3, 0.4) is 0 Å². The van der Waals surface area contributed by atoms with Crippen LogP contribution in [0.25, 0.3) is 11.3 Å². The smallest absolute Gasteiger partial charge is 0.265 e. The van der Waals surface area contributed by atoms with Gasteiger partial charge in [-0.15, -0.1) is 0 Å². The summed E-state index contributed by atoms with van der Waals surface area (Å²) in [5.41, 5.74) is 2.45. The third-order valence-electron chi connectivity index (χ3n) is 5.22. The second-order valence-corrected chi connectivity index (χ2v) is 9.92. The van der Waals surface area contributed by atoms with Crippen LogP contribution in [0.4, 0.5) is 11.4 Å². The highest BCUT2D eigenvalue weighted by Gasteiger charge is 2.40. The minimum absolute atomic E-state index is 0.0179. The Morgan fingerprint density at radius 3 is 2.56 bits per heavy atom. The van der Waals surface area contributed by atoms with Gasteiger partial charge in [0.2, 0.25) is 15.9 Å². The highest BCUT2D eigenvalue weighted by atomic mass is 32.2. The zero-order valence-corrected chi connectivity index (χ0v) is 19.5. The van der Waals surface area contributed by atoms with Crippen molar-refractivity contribution in [1.29, 1.82) is 0 Å². The number of hydrogen-bond acceptors (Lipinski definition) is 7. The molecule has 1 atom stereocenters. The van der Waals surface area contributed by atoms with Crippen molar-refractivity contribution < 1.29 is 18.0 Å². The summed E-state index contributed by atoms with van der Waals surface area (Å²) in [6.07, 6.45) is 4.76. The predicted octanol–water partition coefficient (Wildman–Crippen LogP) is 2.37. The Bertz CT molecular complexity index is 1390. The van der Waals surface area contributed by atoms with Crippen molar-refractivity contribution in [3.05, 3.63) is 67.1 Å². The molecule has 34 heavy (non-hydrogen) atoms. The molecule has 2 heterocycles. The molecule has 174 valence electrons. The molecule has 1 aliphatic rings. The van der Waals surface area contributed by atoms with Crippen LogP contribution in [0.5, 0.6) is 0 Å². The van der Waals surface area contributed by atoms with Gasteiger partial charge in [0.05, 0.1) is 28.2 Å². The Morgan fingerprint density at radius 1 is 1.09 bits per heavy atom. The van der Waals surface area contributed by atoms with Crippen molar-refractivity contribution in [2.24, 2.45) is 11.0 Å². The molecule has 1 N–H and O–H groups in total. The second kappa shape index (κ2) is 9.12. The number of hydrazone groups is 1. The van der Waals surface area contributed by atoms with E-state index in [0.29, 0.717) is 17.1 Å². The number of benzene rings is 2. The van der Waals surface area contributed by atoms with Gasteiger partial charge in [-0.2, -0.15) is 10.1 Å².